The summed E-state index contributed by atoms with van der Waals surface area (Å²) in [5, 5.41) is 8.57. The van der Waals surface area contributed by atoms with Gasteiger partial charge >= 0.3 is 0 Å². The number of hydrogen-bond acceptors (Lipinski definition) is 3. The molecule has 17 heavy (non-hydrogen) atoms. The van der Waals surface area contributed by atoms with E-state index in [1.165, 1.54) is 19.3 Å². The first-order valence-corrected chi connectivity index (χ1v) is 6.09. The highest BCUT2D eigenvalue weighted by Gasteiger charge is 2.24. The number of aromatic nitrogens is 3. The predicted molar refractivity (Wildman–Crippen MR) is 66.2 cm³/mol. The van der Waals surface area contributed by atoms with E-state index in [4.69, 9.17) is 5.73 Å². The van der Waals surface area contributed by atoms with Gasteiger partial charge in [0.2, 0.25) is 0 Å². The molecule has 0 amide bonds. The number of hydrogen-bond donors (Lipinski definition) is 1. The van der Waals surface area contributed by atoms with Crippen molar-refractivity contribution in [1.82, 2.24) is 15.0 Å². The highest BCUT2D eigenvalue weighted by Crippen LogP contribution is 2.33. The van der Waals surface area contributed by atoms with Crippen LogP contribution in [0.5, 0.6) is 0 Å². The smallest absolute Gasteiger partial charge is 0.117 e. The second kappa shape index (κ2) is 4.30. The molecule has 1 aromatic heterocycles. The fourth-order valence-electron chi connectivity index (χ4n) is 2.25. The van der Waals surface area contributed by atoms with E-state index in [9.17, 15) is 0 Å². The van der Waals surface area contributed by atoms with Crippen LogP contribution in [0.3, 0.4) is 0 Å². The third-order valence-corrected chi connectivity index (χ3v) is 3.45. The van der Waals surface area contributed by atoms with Gasteiger partial charge in [0.1, 0.15) is 5.69 Å². The van der Waals surface area contributed by atoms with Crippen molar-refractivity contribution < 1.29 is 0 Å². The quantitative estimate of drug-likeness (QED) is 0.875. The minimum Gasteiger partial charge on any atom is -0.325 e. The third-order valence-electron chi connectivity index (χ3n) is 3.45. The molecule has 88 valence electrons. The van der Waals surface area contributed by atoms with E-state index < -0.39 is 0 Å². The minimum absolute atomic E-state index is 0.494. The summed E-state index contributed by atoms with van der Waals surface area (Å²) in [5.41, 5.74) is 8.93. The van der Waals surface area contributed by atoms with Crippen molar-refractivity contribution in [2.75, 3.05) is 0 Å². The van der Waals surface area contributed by atoms with Gasteiger partial charge in [0.05, 0.1) is 11.7 Å². The van der Waals surface area contributed by atoms with E-state index in [0.29, 0.717) is 12.6 Å². The lowest BCUT2D eigenvalue weighted by Crippen LogP contribution is -2.21. The number of nitrogens with zero attached hydrogens (tertiary/aromatic N) is 3. The van der Waals surface area contributed by atoms with Crippen molar-refractivity contribution >= 4 is 0 Å². The average Bonchev–Trinajstić information content (AvgIpc) is 2.71. The molecule has 0 saturated heterocycles. The molecular weight excluding hydrogens is 212 g/mol. The van der Waals surface area contributed by atoms with Crippen LogP contribution >= 0.6 is 0 Å². The van der Waals surface area contributed by atoms with Crippen LogP contribution in [0.15, 0.2) is 30.3 Å². The molecule has 1 fully saturated rings. The molecule has 0 aliphatic heterocycles. The fraction of sp³-hybridized carbons (Fsp3) is 0.385. The van der Waals surface area contributed by atoms with Crippen molar-refractivity contribution in [1.29, 1.82) is 0 Å². The Balaban J connectivity index is 2.02. The third kappa shape index (κ3) is 1.74. The molecule has 0 bridgehead atoms. The molecule has 0 radical (unpaired) electrons. The Labute approximate surface area is 100 Å². The first-order chi connectivity index (χ1) is 8.40. The molecule has 4 heteroatoms. The van der Waals surface area contributed by atoms with Gasteiger partial charge in [-0.25, -0.2) is 4.68 Å². The molecule has 3 rings (SSSR count). The van der Waals surface area contributed by atoms with E-state index in [0.717, 1.165) is 17.0 Å². The summed E-state index contributed by atoms with van der Waals surface area (Å²) in [4.78, 5) is 0. The Bertz CT molecular complexity index is 499. The summed E-state index contributed by atoms with van der Waals surface area (Å²) in [6.45, 7) is 0.494. The van der Waals surface area contributed by atoms with E-state index in [2.05, 4.69) is 10.3 Å². The van der Waals surface area contributed by atoms with Crippen LogP contribution in [-0.2, 0) is 6.54 Å². The zero-order valence-corrected chi connectivity index (χ0v) is 9.71. The topological polar surface area (TPSA) is 56.7 Å². The van der Waals surface area contributed by atoms with Crippen molar-refractivity contribution in [2.24, 2.45) is 5.73 Å². The molecule has 1 aromatic carbocycles. The monoisotopic (exact) mass is 228 g/mol. The predicted octanol–water partition coefficient (Wildman–Crippen LogP) is 2.13. The first kappa shape index (κ1) is 10.5. The molecule has 2 N–H and O–H groups in total. The van der Waals surface area contributed by atoms with Gasteiger partial charge in [-0.3, -0.25) is 0 Å². The Morgan fingerprint density at radius 2 is 2.00 bits per heavy atom. The molecule has 0 spiro atoms. The van der Waals surface area contributed by atoms with Gasteiger partial charge in [0.15, 0.2) is 0 Å². The lowest BCUT2D eigenvalue weighted by molar-refractivity contribution is 0.278. The summed E-state index contributed by atoms with van der Waals surface area (Å²) < 4.78 is 2.02. The Hall–Kier alpha value is -1.68. The van der Waals surface area contributed by atoms with Gasteiger partial charge in [0, 0.05) is 12.1 Å². The maximum absolute atomic E-state index is 5.85. The van der Waals surface area contributed by atoms with Crippen LogP contribution in [-0.4, -0.2) is 15.0 Å². The van der Waals surface area contributed by atoms with Gasteiger partial charge in [-0.2, -0.15) is 0 Å². The van der Waals surface area contributed by atoms with Gasteiger partial charge < -0.3 is 5.73 Å². The van der Waals surface area contributed by atoms with E-state index in [-0.39, 0.29) is 0 Å². The maximum Gasteiger partial charge on any atom is 0.117 e. The Morgan fingerprint density at radius 1 is 1.24 bits per heavy atom. The van der Waals surface area contributed by atoms with Crippen molar-refractivity contribution in [3.63, 3.8) is 0 Å². The Kier molecular flexibility index (Phi) is 2.65. The van der Waals surface area contributed by atoms with Crippen LogP contribution in [0.4, 0.5) is 0 Å². The molecule has 1 aliphatic rings. The first-order valence-electron chi connectivity index (χ1n) is 6.09. The lowest BCUT2D eigenvalue weighted by atomic mass is 9.93. The lowest BCUT2D eigenvalue weighted by Gasteiger charge is -2.26. The molecule has 4 nitrogen and oxygen atoms in total. The van der Waals surface area contributed by atoms with Crippen LogP contribution < -0.4 is 5.73 Å². The van der Waals surface area contributed by atoms with E-state index in [1.54, 1.807) is 0 Å². The standard InChI is InChI=1S/C13H16N4/c14-9-12-13(10-5-2-1-3-6-10)15-16-17(12)11-7-4-8-11/h1-3,5-6,11H,4,7-9,14H2. The number of nitrogens with two attached hydrogens (primary N) is 1. The SMILES string of the molecule is NCc1c(-c2ccccc2)nnn1C1CCC1. The number of benzene rings is 1. The largest absolute Gasteiger partial charge is 0.325 e. The van der Waals surface area contributed by atoms with Gasteiger partial charge in [-0.05, 0) is 19.3 Å². The molecule has 0 unspecified atom stereocenters. The summed E-state index contributed by atoms with van der Waals surface area (Å²) in [6.07, 6.45) is 3.68. The molecule has 1 saturated carbocycles. The average molecular weight is 228 g/mol. The number of rotatable bonds is 3. The van der Waals surface area contributed by atoms with Crippen LogP contribution in [0, 0.1) is 0 Å². The summed E-state index contributed by atoms with van der Waals surface area (Å²) in [6, 6.07) is 10.6. The van der Waals surface area contributed by atoms with E-state index in [1.807, 2.05) is 35.0 Å². The Morgan fingerprint density at radius 3 is 2.59 bits per heavy atom. The molecule has 1 aliphatic carbocycles. The second-order valence-electron chi connectivity index (χ2n) is 4.48. The van der Waals surface area contributed by atoms with Gasteiger partial charge in [-0.1, -0.05) is 35.5 Å². The summed E-state index contributed by atoms with van der Waals surface area (Å²) in [7, 11) is 0. The maximum atomic E-state index is 5.85. The zero-order valence-electron chi connectivity index (χ0n) is 9.71. The summed E-state index contributed by atoms with van der Waals surface area (Å²) in [5.74, 6) is 0. The molecule has 2 aromatic rings. The highest BCUT2D eigenvalue weighted by atomic mass is 15.4. The van der Waals surface area contributed by atoms with Crippen molar-refractivity contribution in [3.8, 4) is 11.3 Å². The van der Waals surface area contributed by atoms with Crippen molar-refractivity contribution in [2.45, 2.75) is 31.8 Å². The molecular formula is C13H16N4. The molecule has 0 atom stereocenters. The fourth-order valence-corrected chi connectivity index (χ4v) is 2.25. The highest BCUT2D eigenvalue weighted by molar-refractivity contribution is 5.61. The van der Waals surface area contributed by atoms with Crippen LogP contribution in [0.2, 0.25) is 0 Å². The normalized spacial score (nSPS) is 15.8. The van der Waals surface area contributed by atoms with Gasteiger partial charge in [0.25, 0.3) is 0 Å². The van der Waals surface area contributed by atoms with E-state index >= 15 is 0 Å². The second-order valence-corrected chi connectivity index (χ2v) is 4.48. The van der Waals surface area contributed by atoms with Gasteiger partial charge in [-0.15, -0.1) is 5.10 Å². The zero-order chi connectivity index (χ0) is 11.7. The molecule has 1 heterocycles. The minimum atomic E-state index is 0.494. The summed E-state index contributed by atoms with van der Waals surface area (Å²) >= 11 is 0. The van der Waals surface area contributed by atoms with Crippen molar-refractivity contribution in [3.05, 3.63) is 36.0 Å². The van der Waals surface area contributed by atoms with Crippen LogP contribution in [0.1, 0.15) is 31.0 Å². The van der Waals surface area contributed by atoms with Crippen LogP contribution in [0.25, 0.3) is 11.3 Å².